The number of esters is 1. The van der Waals surface area contributed by atoms with Gasteiger partial charge in [0.2, 0.25) is 0 Å². The van der Waals surface area contributed by atoms with Crippen LogP contribution in [0.15, 0.2) is 66.9 Å². The minimum absolute atomic E-state index is 0.0232. The number of nitrogens with one attached hydrogen (secondary N) is 2. The molecular weight excluding hydrogens is 370 g/mol. The normalized spacial score (nSPS) is 10.1. The molecule has 0 aliphatic carbocycles. The summed E-state index contributed by atoms with van der Waals surface area (Å²) in [7, 11) is 1.30. The van der Waals surface area contributed by atoms with Crippen molar-refractivity contribution in [3.63, 3.8) is 0 Å². The van der Waals surface area contributed by atoms with E-state index in [2.05, 4.69) is 20.4 Å². The average Bonchev–Trinajstić information content (AvgIpc) is 2.74. The SMILES string of the molecule is COC(=O)c1cccc(NC(=O)c2ccc(Nc3cccc(C(C)=O)c3)nc2)c1. The fraction of sp³-hybridized carbons (Fsp3) is 0.0909. The van der Waals surface area contributed by atoms with Crippen molar-refractivity contribution < 1.29 is 19.1 Å². The second-order valence-electron chi connectivity index (χ2n) is 6.22. The molecule has 0 saturated carbocycles. The van der Waals surface area contributed by atoms with Gasteiger partial charge >= 0.3 is 5.97 Å². The van der Waals surface area contributed by atoms with Gasteiger partial charge in [-0.15, -0.1) is 0 Å². The molecule has 146 valence electrons. The number of ketones is 1. The Balaban J connectivity index is 1.68. The van der Waals surface area contributed by atoms with E-state index in [-0.39, 0.29) is 11.7 Å². The fourth-order valence-corrected chi connectivity index (χ4v) is 2.61. The van der Waals surface area contributed by atoms with Crippen LogP contribution in [-0.4, -0.2) is 29.8 Å². The molecule has 1 heterocycles. The first-order valence-electron chi connectivity index (χ1n) is 8.80. The Morgan fingerprint density at radius 2 is 1.55 bits per heavy atom. The van der Waals surface area contributed by atoms with Crippen LogP contribution >= 0.6 is 0 Å². The highest BCUT2D eigenvalue weighted by Gasteiger charge is 2.10. The van der Waals surface area contributed by atoms with Gasteiger partial charge in [-0.1, -0.05) is 18.2 Å². The van der Waals surface area contributed by atoms with Crippen molar-refractivity contribution in [1.82, 2.24) is 4.98 Å². The Hall–Kier alpha value is -4.00. The number of anilines is 3. The minimum Gasteiger partial charge on any atom is -0.465 e. The summed E-state index contributed by atoms with van der Waals surface area (Å²) < 4.78 is 4.68. The van der Waals surface area contributed by atoms with Gasteiger partial charge in [-0.25, -0.2) is 9.78 Å². The third kappa shape index (κ3) is 5.04. The standard InChI is InChI=1S/C22H19N3O4/c1-14(26)15-5-3-7-18(11-15)24-20-10-9-17(13-23-20)21(27)25-19-8-4-6-16(12-19)22(28)29-2/h3-13H,1-2H3,(H,23,24)(H,25,27). The molecule has 0 aliphatic heterocycles. The molecule has 0 bridgehead atoms. The van der Waals surface area contributed by atoms with Crippen LogP contribution in [0.1, 0.15) is 38.0 Å². The predicted octanol–water partition coefficient (Wildman–Crippen LogP) is 4.07. The van der Waals surface area contributed by atoms with Crippen molar-refractivity contribution >= 4 is 34.9 Å². The molecule has 0 aliphatic rings. The lowest BCUT2D eigenvalue weighted by atomic mass is 10.1. The molecule has 1 amide bonds. The highest BCUT2D eigenvalue weighted by Crippen LogP contribution is 2.18. The van der Waals surface area contributed by atoms with Crippen molar-refractivity contribution in [2.45, 2.75) is 6.92 Å². The van der Waals surface area contributed by atoms with Gasteiger partial charge in [0.25, 0.3) is 5.91 Å². The molecule has 0 radical (unpaired) electrons. The summed E-state index contributed by atoms with van der Waals surface area (Å²) in [6.45, 7) is 1.51. The zero-order chi connectivity index (χ0) is 20.8. The van der Waals surface area contributed by atoms with Crippen molar-refractivity contribution in [1.29, 1.82) is 0 Å². The number of ether oxygens (including phenoxy) is 1. The molecule has 0 unspecified atom stereocenters. The smallest absolute Gasteiger partial charge is 0.337 e. The zero-order valence-electron chi connectivity index (χ0n) is 15.9. The molecule has 7 nitrogen and oxygen atoms in total. The number of amides is 1. The number of aromatic nitrogens is 1. The first-order chi connectivity index (χ1) is 14.0. The van der Waals surface area contributed by atoms with Crippen molar-refractivity contribution in [3.05, 3.63) is 83.6 Å². The van der Waals surface area contributed by atoms with Crippen LogP contribution < -0.4 is 10.6 Å². The van der Waals surface area contributed by atoms with E-state index in [9.17, 15) is 14.4 Å². The van der Waals surface area contributed by atoms with E-state index >= 15 is 0 Å². The predicted molar refractivity (Wildman–Crippen MR) is 110 cm³/mol. The summed E-state index contributed by atoms with van der Waals surface area (Å²) in [6.07, 6.45) is 1.44. The lowest BCUT2D eigenvalue weighted by molar-refractivity contribution is 0.0600. The van der Waals surface area contributed by atoms with E-state index in [1.54, 1.807) is 48.5 Å². The third-order valence-corrected chi connectivity index (χ3v) is 4.11. The lowest BCUT2D eigenvalue weighted by Crippen LogP contribution is -2.13. The Morgan fingerprint density at radius 1 is 0.862 bits per heavy atom. The summed E-state index contributed by atoms with van der Waals surface area (Å²) in [5, 5.41) is 5.82. The van der Waals surface area contributed by atoms with Gasteiger partial charge in [-0.05, 0) is 49.4 Å². The molecule has 0 fully saturated rings. The van der Waals surface area contributed by atoms with Gasteiger partial charge in [0.15, 0.2) is 5.78 Å². The summed E-state index contributed by atoms with van der Waals surface area (Å²) in [5.74, 6) is -0.323. The van der Waals surface area contributed by atoms with E-state index in [0.29, 0.717) is 28.2 Å². The van der Waals surface area contributed by atoms with E-state index in [4.69, 9.17) is 0 Å². The van der Waals surface area contributed by atoms with Gasteiger partial charge in [-0.3, -0.25) is 9.59 Å². The highest BCUT2D eigenvalue weighted by atomic mass is 16.5. The van der Waals surface area contributed by atoms with Crippen LogP contribution in [0.25, 0.3) is 0 Å². The van der Waals surface area contributed by atoms with Crippen LogP contribution in [0.5, 0.6) is 0 Å². The van der Waals surface area contributed by atoms with Crippen LogP contribution in [0.2, 0.25) is 0 Å². The maximum Gasteiger partial charge on any atom is 0.337 e. The quantitative estimate of drug-likeness (QED) is 0.487. The highest BCUT2D eigenvalue weighted by molar-refractivity contribution is 6.04. The Labute approximate surface area is 167 Å². The number of carbonyl (C=O) groups is 3. The number of methoxy groups -OCH3 is 1. The summed E-state index contributed by atoms with van der Waals surface area (Å²) >= 11 is 0. The van der Waals surface area contributed by atoms with Crippen molar-refractivity contribution in [2.24, 2.45) is 0 Å². The number of nitrogens with zero attached hydrogens (tertiary/aromatic N) is 1. The average molecular weight is 389 g/mol. The maximum absolute atomic E-state index is 12.4. The largest absolute Gasteiger partial charge is 0.465 e. The minimum atomic E-state index is -0.480. The van der Waals surface area contributed by atoms with Gasteiger partial charge in [0, 0.05) is 23.1 Å². The zero-order valence-corrected chi connectivity index (χ0v) is 15.9. The Bertz CT molecular complexity index is 1060. The molecule has 1 aromatic heterocycles. The molecule has 2 aromatic carbocycles. The number of hydrogen-bond donors (Lipinski definition) is 2. The van der Waals surface area contributed by atoms with E-state index in [0.717, 1.165) is 5.69 Å². The number of carbonyl (C=O) groups excluding carboxylic acids is 3. The third-order valence-electron chi connectivity index (χ3n) is 4.11. The molecular formula is C22H19N3O4. The number of pyridine rings is 1. The molecule has 7 heteroatoms. The van der Waals surface area contributed by atoms with Gasteiger partial charge in [-0.2, -0.15) is 0 Å². The number of rotatable bonds is 6. The molecule has 3 rings (SSSR count). The lowest BCUT2D eigenvalue weighted by Gasteiger charge is -2.09. The van der Waals surface area contributed by atoms with Gasteiger partial charge in [0.1, 0.15) is 5.82 Å². The van der Waals surface area contributed by atoms with Gasteiger partial charge < -0.3 is 15.4 Å². The number of benzene rings is 2. The molecule has 0 saturated heterocycles. The van der Waals surface area contributed by atoms with Gasteiger partial charge in [0.05, 0.1) is 18.2 Å². The first kappa shape index (κ1) is 19.8. The summed E-state index contributed by atoms with van der Waals surface area (Å²) in [6, 6.07) is 16.8. The molecule has 0 atom stereocenters. The first-order valence-corrected chi connectivity index (χ1v) is 8.80. The molecule has 29 heavy (non-hydrogen) atoms. The van der Waals surface area contributed by atoms with Crippen LogP contribution in [-0.2, 0) is 4.74 Å². The van der Waals surface area contributed by atoms with E-state index < -0.39 is 5.97 Å². The second-order valence-corrected chi connectivity index (χ2v) is 6.22. The maximum atomic E-state index is 12.4. The number of Topliss-reactive ketones (excluding diaryl/α,β-unsaturated/α-hetero) is 1. The molecule has 3 aromatic rings. The van der Waals surface area contributed by atoms with E-state index in [1.165, 1.54) is 26.3 Å². The molecule has 2 N–H and O–H groups in total. The van der Waals surface area contributed by atoms with Crippen molar-refractivity contribution in [2.75, 3.05) is 17.7 Å². The summed E-state index contributed by atoms with van der Waals surface area (Å²) in [4.78, 5) is 39.7. The van der Waals surface area contributed by atoms with Crippen LogP contribution in [0, 0.1) is 0 Å². The Morgan fingerprint density at radius 3 is 2.21 bits per heavy atom. The molecule has 0 spiro atoms. The van der Waals surface area contributed by atoms with Crippen LogP contribution in [0.4, 0.5) is 17.2 Å². The second kappa shape index (κ2) is 8.79. The van der Waals surface area contributed by atoms with E-state index in [1.807, 2.05) is 6.07 Å². The Kier molecular flexibility index (Phi) is 5.99. The number of hydrogen-bond acceptors (Lipinski definition) is 6. The summed E-state index contributed by atoms with van der Waals surface area (Å²) in [5.41, 5.74) is 2.50. The fourth-order valence-electron chi connectivity index (χ4n) is 2.61. The monoisotopic (exact) mass is 389 g/mol. The van der Waals surface area contributed by atoms with Crippen molar-refractivity contribution in [3.8, 4) is 0 Å². The topological polar surface area (TPSA) is 97.4 Å². The van der Waals surface area contributed by atoms with Crippen LogP contribution in [0.3, 0.4) is 0 Å².